The van der Waals surface area contributed by atoms with Crippen molar-refractivity contribution in [3.8, 4) is 5.75 Å². The van der Waals surface area contributed by atoms with Gasteiger partial charge in [0.1, 0.15) is 29.9 Å². The Hall–Kier alpha value is -5.51. The number of hydrogen-bond acceptors (Lipinski definition) is 9. The monoisotopic (exact) mass is 684 g/mol. The fraction of sp³-hybridized carbons (Fsp3) is 0.424. The average Bonchev–Trinajstić information content (AvgIpc) is 3.03. The average molecular weight is 685 g/mol. The van der Waals surface area contributed by atoms with E-state index in [1.807, 2.05) is 0 Å². The summed E-state index contributed by atoms with van der Waals surface area (Å²) in [4.78, 5) is 87.2. The van der Waals surface area contributed by atoms with Crippen LogP contribution in [-0.2, 0) is 46.4 Å². The fourth-order valence-corrected chi connectivity index (χ4v) is 4.61. The van der Waals surface area contributed by atoms with E-state index >= 15 is 0 Å². The number of aromatic hydroxyl groups is 1. The third-order valence-corrected chi connectivity index (χ3v) is 7.17. The standard InChI is InChI=1S/C33H44N6O10/c1-18(2)13-24(31(46)39-26(33(48)49)16-28(42)43)38-32(47)25(15-20-7-5-4-6-8-20)37-27(41)17-35-29(44)19(3)36-30(45)23(34)14-21-9-11-22(40)12-10-21/h4-12,18-19,23-26,40H,13-17,34H2,1-3H3,(H,35,44)(H,36,45)(H,37,41)(H,38,47)(H,39,46)(H,42,43)(H,48,49)/t19-,23+,24+,25+,26+/m1/s1. The van der Waals surface area contributed by atoms with Crippen LogP contribution in [0.3, 0.4) is 0 Å². The molecule has 0 spiro atoms. The maximum atomic E-state index is 13.5. The van der Waals surface area contributed by atoms with Crippen molar-refractivity contribution in [1.29, 1.82) is 0 Å². The Bertz CT molecular complexity index is 1470. The molecule has 16 heteroatoms. The number of amides is 5. The molecule has 2 aromatic carbocycles. The van der Waals surface area contributed by atoms with Gasteiger partial charge in [-0.05, 0) is 48.9 Å². The second-order valence-electron chi connectivity index (χ2n) is 11.9. The van der Waals surface area contributed by atoms with Crippen molar-refractivity contribution in [1.82, 2.24) is 26.6 Å². The summed E-state index contributed by atoms with van der Waals surface area (Å²) in [5.74, 6) is -6.86. The molecule has 266 valence electrons. The Morgan fingerprint density at radius 3 is 1.82 bits per heavy atom. The number of aliphatic carboxylic acids is 2. The molecule has 0 saturated carbocycles. The van der Waals surface area contributed by atoms with Gasteiger partial charge >= 0.3 is 11.9 Å². The Labute approximate surface area is 283 Å². The van der Waals surface area contributed by atoms with Crippen LogP contribution in [0.25, 0.3) is 0 Å². The number of carboxylic acid groups (broad SMARTS) is 2. The SMILES string of the molecule is CC(C)C[C@H](NC(=O)[C@H](Cc1ccccc1)NC(=O)CNC(=O)[C@@H](C)NC(=O)[C@@H](N)Cc1ccc(O)cc1)C(=O)N[C@@H](CC(=O)O)C(=O)O. The lowest BCUT2D eigenvalue weighted by atomic mass is 10.0. The zero-order valence-corrected chi connectivity index (χ0v) is 27.5. The molecule has 0 heterocycles. The Kier molecular flexibility index (Phi) is 15.7. The molecule has 0 bridgehead atoms. The lowest BCUT2D eigenvalue weighted by Crippen LogP contribution is -2.57. The van der Waals surface area contributed by atoms with Gasteiger partial charge in [-0.3, -0.25) is 28.8 Å². The van der Waals surface area contributed by atoms with E-state index in [4.69, 9.17) is 10.8 Å². The molecule has 5 amide bonds. The number of carbonyl (C=O) groups is 7. The highest BCUT2D eigenvalue weighted by molar-refractivity contribution is 5.95. The van der Waals surface area contributed by atoms with Gasteiger partial charge in [0.2, 0.25) is 29.5 Å². The van der Waals surface area contributed by atoms with Gasteiger partial charge in [0.05, 0.1) is 19.0 Å². The first-order valence-electron chi connectivity index (χ1n) is 15.6. The third kappa shape index (κ3) is 14.4. The largest absolute Gasteiger partial charge is 0.508 e. The predicted molar refractivity (Wildman–Crippen MR) is 176 cm³/mol. The molecule has 0 aliphatic heterocycles. The molecule has 0 aliphatic rings. The molecule has 0 unspecified atom stereocenters. The van der Waals surface area contributed by atoms with Crippen molar-refractivity contribution in [2.75, 3.05) is 6.54 Å². The van der Waals surface area contributed by atoms with Gasteiger partial charge in [-0.1, -0.05) is 56.3 Å². The van der Waals surface area contributed by atoms with Crippen LogP contribution in [0.1, 0.15) is 44.7 Å². The van der Waals surface area contributed by atoms with E-state index in [2.05, 4.69) is 26.6 Å². The Morgan fingerprint density at radius 2 is 1.24 bits per heavy atom. The molecule has 0 aromatic heterocycles. The molecule has 10 N–H and O–H groups in total. The second-order valence-corrected chi connectivity index (χ2v) is 11.9. The van der Waals surface area contributed by atoms with Gasteiger partial charge in [0.25, 0.3) is 0 Å². The summed E-state index contributed by atoms with van der Waals surface area (Å²) in [6, 6.07) is 8.47. The molecular weight excluding hydrogens is 640 g/mol. The predicted octanol–water partition coefficient (Wildman–Crippen LogP) is -0.815. The molecule has 49 heavy (non-hydrogen) atoms. The van der Waals surface area contributed by atoms with E-state index in [0.717, 1.165) is 0 Å². The third-order valence-electron chi connectivity index (χ3n) is 7.17. The number of phenolic OH excluding ortho intramolecular Hbond substituents is 1. The first-order chi connectivity index (χ1) is 23.0. The van der Waals surface area contributed by atoms with Gasteiger partial charge in [-0.25, -0.2) is 4.79 Å². The highest BCUT2D eigenvalue weighted by Crippen LogP contribution is 2.11. The minimum absolute atomic E-state index is 0.00940. The first kappa shape index (κ1) is 39.7. The highest BCUT2D eigenvalue weighted by atomic mass is 16.4. The summed E-state index contributed by atoms with van der Waals surface area (Å²) >= 11 is 0. The van der Waals surface area contributed by atoms with E-state index in [0.29, 0.717) is 11.1 Å². The molecule has 0 radical (unpaired) electrons. The number of nitrogens with one attached hydrogen (secondary N) is 5. The zero-order valence-electron chi connectivity index (χ0n) is 27.5. The summed E-state index contributed by atoms with van der Waals surface area (Å²) < 4.78 is 0. The van der Waals surface area contributed by atoms with Crippen LogP contribution >= 0.6 is 0 Å². The number of benzene rings is 2. The van der Waals surface area contributed by atoms with Gasteiger partial charge in [-0.2, -0.15) is 0 Å². The number of hydrogen-bond donors (Lipinski definition) is 9. The Morgan fingerprint density at radius 1 is 0.673 bits per heavy atom. The molecule has 0 aliphatic carbocycles. The van der Waals surface area contributed by atoms with Crippen molar-refractivity contribution >= 4 is 41.5 Å². The highest BCUT2D eigenvalue weighted by Gasteiger charge is 2.31. The minimum atomic E-state index is -1.73. The van der Waals surface area contributed by atoms with Crippen LogP contribution in [0.4, 0.5) is 0 Å². The number of carboxylic acids is 2. The molecule has 0 saturated heterocycles. The number of rotatable bonds is 19. The molecule has 2 aromatic rings. The van der Waals surface area contributed by atoms with E-state index < -0.39 is 84.6 Å². The number of nitrogens with two attached hydrogens (primary N) is 1. The van der Waals surface area contributed by atoms with Crippen molar-refractivity contribution in [3.05, 3.63) is 65.7 Å². The number of phenols is 1. The van der Waals surface area contributed by atoms with Crippen molar-refractivity contribution in [3.63, 3.8) is 0 Å². The fourth-order valence-electron chi connectivity index (χ4n) is 4.61. The normalized spacial score (nSPS) is 13.9. The van der Waals surface area contributed by atoms with Crippen molar-refractivity contribution < 1.29 is 48.9 Å². The topological polar surface area (TPSA) is 266 Å². The maximum absolute atomic E-state index is 13.5. The lowest BCUT2D eigenvalue weighted by molar-refractivity contribution is -0.147. The number of carbonyl (C=O) groups excluding carboxylic acids is 5. The quantitative estimate of drug-likeness (QED) is 0.0883. The minimum Gasteiger partial charge on any atom is -0.508 e. The smallest absolute Gasteiger partial charge is 0.326 e. The maximum Gasteiger partial charge on any atom is 0.326 e. The summed E-state index contributed by atoms with van der Waals surface area (Å²) in [5, 5.41) is 39.9. The van der Waals surface area contributed by atoms with Crippen LogP contribution in [0.5, 0.6) is 5.75 Å². The van der Waals surface area contributed by atoms with Crippen LogP contribution in [0.15, 0.2) is 54.6 Å². The molecule has 16 nitrogen and oxygen atoms in total. The van der Waals surface area contributed by atoms with Crippen molar-refractivity contribution in [2.45, 2.75) is 76.7 Å². The van der Waals surface area contributed by atoms with E-state index in [-0.39, 0.29) is 30.9 Å². The van der Waals surface area contributed by atoms with Crippen LogP contribution in [0, 0.1) is 5.92 Å². The van der Waals surface area contributed by atoms with E-state index in [1.165, 1.54) is 19.1 Å². The van der Waals surface area contributed by atoms with Gasteiger partial charge in [-0.15, -0.1) is 0 Å². The molecule has 0 fully saturated rings. The zero-order chi connectivity index (χ0) is 36.7. The summed E-state index contributed by atoms with van der Waals surface area (Å²) in [6.07, 6.45) is -0.668. The van der Waals surface area contributed by atoms with E-state index in [9.17, 15) is 43.8 Å². The first-order valence-corrected chi connectivity index (χ1v) is 15.6. The summed E-state index contributed by atoms with van der Waals surface area (Å²) in [6.45, 7) is 4.35. The van der Waals surface area contributed by atoms with Crippen molar-refractivity contribution in [2.24, 2.45) is 11.7 Å². The van der Waals surface area contributed by atoms with Crippen LogP contribution in [0.2, 0.25) is 0 Å². The summed E-state index contributed by atoms with van der Waals surface area (Å²) in [5.41, 5.74) is 7.31. The van der Waals surface area contributed by atoms with E-state index in [1.54, 1.807) is 56.3 Å². The van der Waals surface area contributed by atoms with Crippen LogP contribution < -0.4 is 32.3 Å². The van der Waals surface area contributed by atoms with Crippen LogP contribution in [-0.4, -0.2) is 93.5 Å². The molecular formula is C33H44N6O10. The summed E-state index contributed by atoms with van der Waals surface area (Å²) in [7, 11) is 0. The van der Waals surface area contributed by atoms with Gasteiger partial charge in [0, 0.05) is 6.42 Å². The van der Waals surface area contributed by atoms with Gasteiger partial charge in [0.15, 0.2) is 0 Å². The molecule has 5 atom stereocenters. The molecule has 2 rings (SSSR count). The second kappa shape index (κ2) is 19.3. The lowest BCUT2D eigenvalue weighted by Gasteiger charge is -2.25. The van der Waals surface area contributed by atoms with Gasteiger partial charge < -0.3 is 47.6 Å². The Balaban J connectivity index is 2.06.